The predicted molar refractivity (Wildman–Crippen MR) is 69.7 cm³/mol. The summed E-state index contributed by atoms with van der Waals surface area (Å²) in [4.78, 5) is 22.9. The number of nitriles is 1. The number of amides is 1. The maximum atomic E-state index is 12.6. The zero-order chi connectivity index (χ0) is 16.9. The molecule has 0 saturated heterocycles. The van der Waals surface area contributed by atoms with E-state index in [1.807, 2.05) is 6.07 Å². The molecular formula is C14H13F3N2O3. The van der Waals surface area contributed by atoms with Crippen molar-refractivity contribution < 1.29 is 27.9 Å². The molecule has 0 aromatic heterocycles. The van der Waals surface area contributed by atoms with E-state index in [0.29, 0.717) is 6.07 Å². The van der Waals surface area contributed by atoms with Crippen LogP contribution in [0.25, 0.3) is 0 Å². The van der Waals surface area contributed by atoms with Gasteiger partial charge in [-0.2, -0.15) is 18.4 Å². The molecule has 0 aliphatic heterocycles. The summed E-state index contributed by atoms with van der Waals surface area (Å²) in [6.45, 7) is 1.48. The van der Waals surface area contributed by atoms with E-state index >= 15 is 0 Å². The third-order valence-electron chi connectivity index (χ3n) is 2.87. The highest BCUT2D eigenvalue weighted by Crippen LogP contribution is 2.29. The van der Waals surface area contributed by atoms with Crippen LogP contribution in [0.3, 0.4) is 0 Å². The van der Waals surface area contributed by atoms with Crippen molar-refractivity contribution in [3.8, 4) is 6.07 Å². The van der Waals surface area contributed by atoms with Crippen LogP contribution in [0.1, 0.15) is 29.3 Å². The Kier molecular flexibility index (Phi) is 5.51. The van der Waals surface area contributed by atoms with E-state index in [1.54, 1.807) is 0 Å². The van der Waals surface area contributed by atoms with E-state index < -0.39 is 35.6 Å². The smallest absolute Gasteiger partial charge is 0.416 e. The number of benzene rings is 1. The SMILES string of the molecule is C[C@H](C#N)C[C@@H](NC(=O)c1cccc(C(F)(F)F)c1)C(=O)O. The Morgan fingerprint density at radius 1 is 1.41 bits per heavy atom. The summed E-state index contributed by atoms with van der Waals surface area (Å²) < 4.78 is 37.7. The summed E-state index contributed by atoms with van der Waals surface area (Å²) in [5.41, 5.74) is -1.30. The fourth-order valence-corrected chi connectivity index (χ4v) is 1.71. The number of carbonyl (C=O) groups is 2. The number of rotatable bonds is 5. The van der Waals surface area contributed by atoms with Crippen LogP contribution in [0.4, 0.5) is 13.2 Å². The molecule has 0 unspecified atom stereocenters. The molecule has 0 aliphatic carbocycles. The molecule has 118 valence electrons. The lowest BCUT2D eigenvalue weighted by Crippen LogP contribution is -2.41. The van der Waals surface area contributed by atoms with Gasteiger partial charge in [0.1, 0.15) is 6.04 Å². The van der Waals surface area contributed by atoms with Gasteiger partial charge in [0.15, 0.2) is 0 Å². The second-order valence-electron chi connectivity index (χ2n) is 4.71. The predicted octanol–water partition coefficient (Wildman–Crippen LogP) is 2.44. The average Bonchev–Trinajstić information content (AvgIpc) is 2.45. The number of hydrogen-bond acceptors (Lipinski definition) is 3. The Morgan fingerprint density at radius 2 is 2.05 bits per heavy atom. The molecule has 0 bridgehead atoms. The molecule has 0 aliphatic rings. The van der Waals surface area contributed by atoms with Gasteiger partial charge in [0.25, 0.3) is 5.91 Å². The largest absolute Gasteiger partial charge is 0.480 e. The quantitative estimate of drug-likeness (QED) is 0.873. The van der Waals surface area contributed by atoms with Gasteiger partial charge in [-0.1, -0.05) is 6.07 Å². The Hall–Kier alpha value is -2.56. The lowest BCUT2D eigenvalue weighted by atomic mass is 10.0. The molecule has 22 heavy (non-hydrogen) atoms. The first-order chi connectivity index (χ1) is 10.1. The number of carboxylic acids is 1. The van der Waals surface area contributed by atoms with Crippen molar-refractivity contribution in [1.82, 2.24) is 5.32 Å². The first-order valence-corrected chi connectivity index (χ1v) is 6.25. The topological polar surface area (TPSA) is 90.2 Å². The third kappa shape index (κ3) is 4.77. The monoisotopic (exact) mass is 314 g/mol. The molecular weight excluding hydrogens is 301 g/mol. The molecule has 1 aromatic carbocycles. The summed E-state index contributed by atoms with van der Waals surface area (Å²) in [5.74, 6) is -2.92. The van der Waals surface area contributed by atoms with Gasteiger partial charge in [-0.15, -0.1) is 0 Å². The van der Waals surface area contributed by atoms with Gasteiger partial charge in [-0.25, -0.2) is 4.79 Å². The standard InChI is InChI=1S/C14H13F3N2O3/c1-8(7-18)5-11(13(21)22)19-12(20)9-3-2-4-10(6-9)14(15,16)17/h2-4,6,8,11H,5H2,1H3,(H,19,20)(H,21,22)/t8-,11+/m0/s1. The van der Waals surface area contributed by atoms with E-state index in [2.05, 4.69) is 5.32 Å². The molecule has 1 amide bonds. The highest BCUT2D eigenvalue weighted by molar-refractivity contribution is 5.96. The van der Waals surface area contributed by atoms with Gasteiger partial charge in [-0.3, -0.25) is 4.79 Å². The Balaban J connectivity index is 2.91. The van der Waals surface area contributed by atoms with Crippen LogP contribution < -0.4 is 5.32 Å². The maximum Gasteiger partial charge on any atom is 0.416 e. The van der Waals surface area contributed by atoms with E-state index in [0.717, 1.165) is 18.2 Å². The molecule has 0 fully saturated rings. The molecule has 0 heterocycles. The highest BCUT2D eigenvalue weighted by Gasteiger charge is 2.31. The number of aliphatic carboxylic acids is 1. The fourth-order valence-electron chi connectivity index (χ4n) is 1.71. The Labute approximate surface area is 124 Å². The first kappa shape index (κ1) is 17.5. The molecule has 8 heteroatoms. The van der Waals surface area contributed by atoms with Crippen LogP contribution in [-0.2, 0) is 11.0 Å². The van der Waals surface area contributed by atoms with E-state index in [4.69, 9.17) is 10.4 Å². The van der Waals surface area contributed by atoms with Crippen LogP contribution in [-0.4, -0.2) is 23.0 Å². The molecule has 0 radical (unpaired) electrons. The number of nitrogens with one attached hydrogen (secondary N) is 1. The normalized spacial score (nSPS) is 13.8. The fraction of sp³-hybridized carbons (Fsp3) is 0.357. The summed E-state index contributed by atoms with van der Waals surface area (Å²) in [6.07, 6.45) is -4.74. The second-order valence-corrected chi connectivity index (χ2v) is 4.71. The van der Waals surface area contributed by atoms with Gasteiger partial charge in [0, 0.05) is 11.5 Å². The first-order valence-electron chi connectivity index (χ1n) is 6.25. The number of nitrogens with zero attached hydrogens (tertiary/aromatic N) is 1. The lowest BCUT2D eigenvalue weighted by molar-refractivity contribution is -0.140. The molecule has 1 rings (SSSR count). The minimum atomic E-state index is -4.60. The van der Waals surface area contributed by atoms with Gasteiger partial charge >= 0.3 is 12.1 Å². The zero-order valence-corrected chi connectivity index (χ0v) is 11.5. The van der Waals surface area contributed by atoms with E-state index in [-0.39, 0.29) is 12.0 Å². The van der Waals surface area contributed by atoms with Gasteiger partial charge in [-0.05, 0) is 31.5 Å². The molecule has 0 saturated carbocycles. The van der Waals surface area contributed by atoms with Gasteiger partial charge < -0.3 is 10.4 Å². The zero-order valence-electron chi connectivity index (χ0n) is 11.5. The number of hydrogen-bond donors (Lipinski definition) is 2. The van der Waals surface area contributed by atoms with Crippen molar-refractivity contribution >= 4 is 11.9 Å². The summed E-state index contributed by atoms with van der Waals surface area (Å²) in [7, 11) is 0. The minimum absolute atomic E-state index is 0.142. The van der Waals surface area contributed by atoms with Gasteiger partial charge in [0.05, 0.1) is 11.6 Å². The van der Waals surface area contributed by atoms with Crippen molar-refractivity contribution in [3.63, 3.8) is 0 Å². The van der Waals surface area contributed by atoms with E-state index in [1.165, 1.54) is 6.92 Å². The van der Waals surface area contributed by atoms with Crippen molar-refractivity contribution in [3.05, 3.63) is 35.4 Å². The summed E-state index contributed by atoms with van der Waals surface area (Å²) in [6, 6.07) is 4.14. The highest BCUT2D eigenvalue weighted by atomic mass is 19.4. The van der Waals surface area contributed by atoms with Gasteiger partial charge in [0.2, 0.25) is 0 Å². The Morgan fingerprint density at radius 3 is 2.55 bits per heavy atom. The van der Waals surface area contributed by atoms with Crippen LogP contribution >= 0.6 is 0 Å². The molecule has 2 N–H and O–H groups in total. The molecule has 2 atom stereocenters. The number of alkyl halides is 3. The Bertz CT molecular complexity index is 608. The van der Waals surface area contributed by atoms with Crippen molar-refractivity contribution in [1.29, 1.82) is 5.26 Å². The lowest BCUT2D eigenvalue weighted by Gasteiger charge is -2.16. The van der Waals surface area contributed by atoms with Crippen molar-refractivity contribution in [2.45, 2.75) is 25.6 Å². The second kappa shape index (κ2) is 6.93. The summed E-state index contributed by atoms with van der Waals surface area (Å²) in [5, 5.41) is 19.8. The van der Waals surface area contributed by atoms with E-state index in [9.17, 15) is 22.8 Å². The number of carboxylic acid groups (broad SMARTS) is 1. The maximum absolute atomic E-state index is 12.6. The average molecular weight is 314 g/mol. The van der Waals surface area contributed by atoms with Crippen molar-refractivity contribution in [2.75, 3.05) is 0 Å². The molecule has 5 nitrogen and oxygen atoms in total. The number of halogens is 3. The van der Waals surface area contributed by atoms with Crippen LogP contribution in [0, 0.1) is 17.2 Å². The summed E-state index contributed by atoms with van der Waals surface area (Å²) >= 11 is 0. The molecule has 1 aromatic rings. The number of carbonyl (C=O) groups excluding carboxylic acids is 1. The van der Waals surface area contributed by atoms with Crippen LogP contribution in [0.2, 0.25) is 0 Å². The van der Waals surface area contributed by atoms with Crippen LogP contribution in [0.5, 0.6) is 0 Å². The molecule has 0 spiro atoms. The van der Waals surface area contributed by atoms with Crippen LogP contribution in [0.15, 0.2) is 24.3 Å². The third-order valence-corrected chi connectivity index (χ3v) is 2.87. The minimum Gasteiger partial charge on any atom is -0.480 e. The van der Waals surface area contributed by atoms with Crippen molar-refractivity contribution in [2.24, 2.45) is 5.92 Å².